The Kier molecular flexibility index (Phi) is 9.57. The van der Waals surface area contributed by atoms with E-state index in [-0.39, 0.29) is 23.5 Å². The Hall–Kier alpha value is -3.75. The Balaban J connectivity index is 1.51. The van der Waals surface area contributed by atoms with Crippen molar-refractivity contribution in [3.05, 3.63) is 95.6 Å². The molecule has 0 aliphatic carbocycles. The van der Waals surface area contributed by atoms with Crippen LogP contribution in [0.5, 0.6) is 5.75 Å². The van der Waals surface area contributed by atoms with Crippen LogP contribution in [0.3, 0.4) is 0 Å². The number of hydrogen-bond acceptors (Lipinski definition) is 5. The Labute approximate surface area is 204 Å². The molecule has 176 valence electrons. The third-order valence-electron chi connectivity index (χ3n) is 4.89. The predicted octanol–water partition coefficient (Wildman–Crippen LogP) is 3.55. The van der Waals surface area contributed by atoms with E-state index in [1.807, 2.05) is 18.2 Å². The van der Waals surface area contributed by atoms with Gasteiger partial charge in [0.1, 0.15) is 5.75 Å². The molecule has 0 fully saturated rings. The molecule has 0 radical (unpaired) electrons. The fraction of sp³-hybridized carbons (Fsp3) is 0.192. The number of benzene rings is 3. The number of anilines is 1. The Morgan fingerprint density at radius 2 is 1.59 bits per heavy atom. The number of nitrogens with one attached hydrogen (secondary N) is 3. The van der Waals surface area contributed by atoms with Crippen molar-refractivity contribution in [1.82, 2.24) is 10.6 Å². The van der Waals surface area contributed by atoms with Gasteiger partial charge in [-0.3, -0.25) is 14.9 Å². The van der Waals surface area contributed by atoms with Crippen LogP contribution >= 0.6 is 12.2 Å². The predicted molar refractivity (Wildman–Crippen MR) is 136 cm³/mol. The summed E-state index contributed by atoms with van der Waals surface area (Å²) in [6.45, 7) is 0.893. The Morgan fingerprint density at radius 3 is 2.32 bits per heavy atom. The standard InChI is InChI=1S/C26H27N3O4S/c30-17-6-16-27-25(32)22-9-4-5-10-23(22)28-26(34)29-24(31)20-11-13-21(14-12-20)33-18-15-19-7-2-1-3-8-19/h1-5,7-14,30H,6,15-18H2,(H,27,32)(H2,28,29,31,34). The van der Waals surface area contributed by atoms with E-state index in [1.54, 1.807) is 48.5 Å². The topological polar surface area (TPSA) is 99.7 Å². The molecule has 0 aliphatic heterocycles. The number of carbonyl (C=O) groups is 2. The molecule has 34 heavy (non-hydrogen) atoms. The summed E-state index contributed by atoms with van der Waals surface area (Å²) in [6, 6.07) is 23.7. The van der Waals surface area contributed by atoms with Crippen LogP contribution in [-0.4, -0.2) is 41.8 Å². The summed E-state index contributed by atoms with van der Waals surface area (Å²) in [5.41, 5.74) is 2.48. The first-order valence-corrected chi connectivity index (χ1v) is 11.3. The van der Waals surface area contributed by atoms with Crippen molar-refractivity contribution >= 4 is 34.8 Å². The molecular formula is C26H27N3O4S. The van der Waals surface area contributed by atoms with Gasteiger partial charge < -0.3 is 20.5 Å². The highest BCUT2D eigenvalue weighted by molar-refractivity contribution is 7.80. The Morgan fingerprint density at radius 1 is 0.882 bits per heavy atom. The number of aliphatic hydroxyl groups excluding tert-OH is 1. The molecule has 0 saturated carbocycles. The van der Waals surface area contributed by atoms with Crippen molar-refractivity contribution < 1.29 is 19.4 Å². The molecule has 0 aromatic heterocycles. The van der Waals surface area contributed by atoms with Gasteiger partial charge in [0.15, 0.2) is 5.11 Å². The fourth-order valence-electron chi connectivity index (χ4n) is 3.13. The van der Waals surface area contributed by atoms with Crippen LogP contribution in [0, 0.1) is 0 Å². The average molecular weight is 478 g/mol. The lowest BCUT2D eigenvalue weighted by Crippen LogP contribution is -2.35. The maximum Gasteiger partial charge on any atom is 0.257 e. The Bertz CT molecular complexity index is 1100. The quantitative estimate of drug-likeness (QED) is 0.263. The van der Waals surface area contributed by atoms with E-state index >= 15 is 0 Å². The minimum absolute atomic E-state index is 0.00289. The first kappa shape index (κ1) is 24.9. The highest BCUT2D eigenvalue weighted by Crippen LogP contribution is 2.16. The van der Waals surface area contributed by atoms with Crippen molar-refractivity contribution in [3.63, 3.8) is 0 Å². The van der Waals surface area contributed by atoms with Gasteiger partial charge in [-0.25, -0.2) is 0 Å². The van der Waals surface area contributed by atoms with E-state index in [0.717, 1.165) is 6.42 Å². The van der Waals surface area contributed by atoms with Gasteiger partial charge in [-0.1, -0.05) is 42.5 Å². The minimum Gasteiger partial charge on any atom is -0.493 e. The van der Waals surface area contributed by atoms with Crippen molar-refractivity contribution in [3.8, 4) is 5.75 Å². The van der Waals surface area contributed by atoms with Crippen LogP contribution in [0.2, 0.25) is 0 Å². The van der Waals surface area contributed by atoms with Gasteiger partial charge in [0.25, 0.3) is 11.8 Å². The third-order valence-corrected chi connectivity index (χ3v) is 5.09. The zero-order valence-corrected chi connectivity index (χ0v) is 19.4. The molecule has 2 amide bonds. The number of thiocarbonyl (C=S) groups is 1. The molecule has 3 rings (SSSR count). The summed E-state index contributed by atoms with van der Waals surface area (Å²) in [4.78, 5) is 24.9. The number of rotatable bonds is 10. The summed E-state index contributed by atoms with van der Waals surface area (Å²) in [5, 5.41) is 17.2. The molecule has 0 heterocycles. The molecule has 7 nitrogen and oxygen atoms in total. The summed E-state index contributed by atoms with van der Waals surface area (Å²) >= 11 is 5.26. The second-order valence-electron chi connectivity index (χ2n) is 7.40. The molecule has 0 atom stereocenters. The fourth-order valence-corrected chi connectivity index (χ4v) is 3.33. The van der Waals surface area contributed by atoms with Crippen molar-refractivity contribution in [2.24, 2.45) is 0 Å². The van der Waals surface area contributed by atoms with Crippen LogP contribution in [0.1, 0.15) is 32.7 Å². The first-order chi connectivity index (χ1) is 16.6. The van der Waals surface area contributed by atoms with Gasteiger partial charge in [-0.15, -0.1) is 0 Å². The van der Waals surface area contributed by atoms with E-state index in [1.165, 1.54) is 5.56 Å². The minimum atomic E-state index is -0.377. The smallest absolute Gasteiger partial charge is 0.257 e. The highest BCUT2D eigenvalue weighted by Gasteiger charge is 2.13. The summed E-state index contributed by atoms with van der Waals surface area (Å²) in [5.74, 6) is 0.000985. The second kappa shape index (κ2) is 13.1. The molecule has 8 heteroatoms. The molecule has 0 spiro atoms. The monoisotopic (exact) mass is 477 g/mol. The van der Waals surface area contributed by atoms with Crippen LogP contribution in [0.4, 0.5) is 5.69 Å². The molecular weight excluding hydrogens is 450 g/mol. The maximum absolute atomic E-state index is 12.6. The van der Waals surface area contributed by atoms with Gasteiger partial charge >= 0.3 is 0 Å². The van der Waals surface area contributed by atoms with E-state index in [4.69, 9.17) is 22.1 Å². The van der Waals surface area contributed by atoms with Crippen molar-refractivity contribution in [2.45, 2.75) is 12.8 Å². The molecule has 0 unspecified atom stereocenters. The molecule has 3 aromatic rings. The second-order valence-corrected chi connectivity index (χ2v) is 7.80. The molecule has 3 aromatic carbocycles. The molecule has 0 saturated heterocycles. The van der Waals surface area contributed by atoms with Gasteiger partial charge in [-0.05, 0) is 60.6 Å². The summed E-state index contributed by atoms with van der Waals surface area (Å²) in [6.07, 6.45) is 1.26. The van der Waals surface area contributed by atoms with Gasteiger partial charge in [0, 0.05) is 25.1 Å². The number of hydrogen-bond donors (Lipinski definition) is 4. The van der Waals surface area contributed by atoms with Crippen molar-refractivity contribution in [2.75, 3.05) is 25.1 Å². The number of ether oxygens (including phenoxy) is 1. The normalized spacial score (nSPS) is 10.3. The number of aliphatic hydroxyl groups is 1. The van der Waals surface area contributed by atoms with Crippen LogP contribution in [-0.2, 0) is 6.42 Å². The third kappa shape index (κ3) is 7.68. The van der Waals surface area contributed by atoms with Gasteiger partial charge in [-0.2, -0.15) is 0 Å². The molecule has 0 aliphatic rings. The number of carbonyl (C=O) groups excluding carboxylic acids is 2. The van der Waals surface area contributed by atoms with Crippen LogP contribution < -0.4 is 20.7 Å². The van der Waals surface area contributed by atoms with E-state index in [0.29, 0.717) is 42.1 Å². The lowest BCUT2D eigenvalue weighted by molar-refractivity contribution is 0.0950. The SMILES string of the molecule is O=C(NC(=S)Nc1ccccc1C(=O)NCCCO)c1ccc(OCCc2ccccc2)cc1. The number of para-hydroxylation sites is 1. The van der Waals surface area contributed by atoms with Crippen LogP contribution in [0.15, 0.2) is 78.9 Å². The van der Waals surface area contributed by atoms with Crippen molar-refractivity contribution in [1.29, 1.82) is 0 Å². The maximum atomic E-state index is 12.6. The zero-order chi connectivity index (χ0) is 24.2. The molecule has 0 bridgehead atoms. The van der Waals surface area contributed by atoms with E-state index in [2.05, 4.69) is 28.1 Å². The van der Waals surface area contributed by atoms with E-state index in [9.17, 15) is 9.59 Å². The lowest BCUT2D eigenvalue weighted by Gasteiger charge is -2.14. The largest absolute Gasteiger partial charge is 0.493 e. The highest BCUT2D eigenvalue weighted by atomic mass is 32.1. The van der Waals surface area contributed by atoms with Gasteiger partial charge in [0.05, 0.1) is 17.9 Å². The number of amides is 2. The lowest BCUT2D eigenvalue weighted by atomic mass is 10.1. The van der Waals surface area contributed by atoms with E-state index < -0.39 is 0 Å². The van der Waals surface area contributed by atoms with Crippen LogP contribution in [0.25, 0.3) is 0 Å². The van der Waals surface area contributed by atoms with Gasteiger partial charge in [0.2, 0.25) is 0 Å². The summed E-state index contributed by atoms with van der Waals surface area (Å²) < 4.78 is 5.75. The molecule has 4 N–H and O–H groups in total. The average Bonchev–Trinajstić information content (AvgIpc) is 2.85. The summed E-state index contributed by atoms with van der Waals surface area (Å²) in [7, 11) is 0. The first-order valence-electron chi connectivity index (χ1n) is 10.9. The zero-order valence-electron chi connectivity index (χ0n) is 18.6.